The van der Waals surface area contributed by atoms with E-state index >= 15 is 0 Å². The zero-order chi connectivity index (χ0) is 33.8. The normalized spacial score (nSPS) is 14.4. The monoisotopic (exact) mass is 664 g/mol. The number of fused-ring (bicyclic) bond motifs is 6. The maximum Gasteiger partial charge on any atom is 0.179 e. The van der Waals surface area contributed by atoms with Crippen molar-refractivity contribution in [2.75, 3.05) is 0 Å². The van der Waals surface area contributed by atoms with E-state index in [9.17, 15) is 0 Å². The summed E-state index contributed by atoms with van der Waals surface area (Å²) >= 11 is 0. The molecule has 0 spiro atoms. The lowest BCUT2D eigenvalue weighted by molar-refractivity contribution is 0.994. The quantitative estimate of drug-likeness (QED) is 0.123. The highest BCUT2D eigenvalue weighted by molar-refractivity contribution is 7.19. The van der Waals surface area contributed by atoms with Gasteiger partial charge in [0, 0.05) is 11.8 Å². The summed E-state index contributed by atoms with van der Waals surface area (Å²) in [4.78, 5) is 0. The van der Waals surface area contributed by atoms with E-state index in [0.29, 0.717) is 0 Å². The molecule has 0 N–H and O–H groups in total. The van der Waals surface area contributed by atoms with Crippen LogP contribution >= 0.6 is 0 Å². The van der Waals surface area contributed by atoms with Crippen molar-refractivity contribution < 1.29 is 0 Å². The second-order valence-corrected chi connectivity index (χ2v) is 17.8. The van der Waals surface area contributed by atoms with Gasteiger partial charge in [0.05, 0.1) is 0 Å². The molecule has 0 aliphatic heterocycles. The maximum absolute atomic E-state index is 2.59. The molecule has 240 valence electrons. The van der Waals surface area contributed by atoms with Gasteiger partial charge in [0.2, 0.25) is 0 Å². The Kier molecular flexibility index (Phi) is 7.08. The third kappa shape index (κ3) is 4.59. The van der Waals surface area contributed by atoms with Crippen molar-refractivity contribution in [3.8, 4) is 22.3 Å². The molecule has 1 heteroatoms. The van der Waals surface area contributed by atoms with E-state index in [4.69, 9.17) is 0 Å². The topological polar surface area (TPSA) is 0 Å². The molecular formula is C50H36Si. The largest absolute Gasteiger partial charge is 0.179 e. The number of rotatable bonds is 6. The van der Waals surface area contributed by atoms with Gasteiger partial charge in [-0.25, -0.2) is 0 Å². The van der Waals surface area contributed by atoms with Crippen molar-refractivity contribution in [2.45, 2.75) is 11.8 Å². The summed E-state index contributed by atoms with van der Waals surface area (Å²) < 4.78 is 0. The molecule has 0 aromatic heterocycles. The van der Waals surface area contributed by atoms with E-state index in [-0.39, 0.29) is 11.8 Å². The molecule has 2 aliphatic rings. The number of hydrogen-bond acceptors (Lipinski definition) is 0. The van der Waals surface area contributed by atoms with Crippen LogP contribution in [0.1, 0.15) is 45.2 Å². The molecule has 10 rings (SSSR count). The first-order valence-corrected chi connectivity index (χ1v) is 20.0. The lowest BCUT2D eigenvalue weighted by atomic mass is 9.85. The van der Waals surface area contributed by atoms with Crippen molar-refractivity contribution in [2.24, 2.45) is 0 Å². The molecule has 0 amide bonds. The molecule has 0 radical (unpaired) electrons. The molecule has 1 atom stereocenters. The Morgan fingerprint density at radius 2 is 0.588 bits per heavy atom. The van der Waals surface area contributed by atoms with Gasteiger partial charge < -0.3 is 0 Å². The molecule has 8 aromatic carbocycles. The minimum Gasteiger partial charge on any atom is -0.0623 e. The summed E-state index contributed by atoms with van der Waals surface area (Å²) in [5.74, 6) is 0.420. The van der Waals surface area contributed by atoms with Gasteiger partial charge in [-0.1, -0.05) is 200 Å². The summed E-state index contributed by atoms with van der Waals surface area (Å²) in [5.41, 5.74) is 13.7. The van der Waals surface area contributed by atoms with E-state index in [1.807, 2.05) is 0 Å². The van der Waals surface area contributed by atoms with Crippen LogP contribution < -0.4 is 20.7 Å². The molecule has 0 saturated heterocycles. The highest BCUT2D eigenvalue weighted by atomic mass is 28.3. The van der Waals surface area contributed by atoms with Gasteiger partial charge in [0.15, 0.2) is 8.07 Å². The van der Waals surface area contributed by atoms with E-state index in [1.54, 1.807) is 0 Å². The van der Waals surface area contributed by atoms with Gasteiger partial charge in [0.1, 0.15) is 0 Å². The minimum atomic E-state index is -2.59. The third-order valence-electron chi connectivity index (χ3n) is 11.4. The van der Waals surface area contributed by atoms with Gasteiger partial charge in [-0.05, 0) is 82.4 Å². The van der Waals surface area contributed by atoms with Crippen molar-refractivity contribution in [3.63, 3.8) is 0 Å². The van der Waals surface area contributed by atoms with Crippen LogP contribution in [0.4, 0.5) is 0 Å². The molecule has 8 aromatic rings. The molecule has 0 fully saturated rings. The predicted molar refractivity (Wildman–Crippen MR) is 216 cm³/mol. The van der Waals surface area contributed by atoms with Crippen LogP contribution in [0.25, 0.3) is 22.3 Å². The zero-order valence-corrected chi connectivity index (χ0v) is 29.3. The average Bonchev–Trinajstić information content (AvgIpc) is 3.72. The maximum atomic E-state index is 2.49. The highest BCUT2D eigenvalue weighted by Crippen LogP contribution is 2.52. The van der Waals surface area contributed by atoms with Crippen molar-refractivity contribution in [3.05, 3.63) is 240 Å². The SMILES string of the molecule is c1ccc([Si](c2ccccc2)(c2ccccc2)c2ccc(C3c4ccccc4-c4cc(C5c6ccccc6-c6ccccc65)ccc43)cc2)cc1. The van der Waals surface area contributed by atoms with Gasteiger partial charge in [-0.15, -0.1) is 0 Å². The summed E-state index contributed by atoms with van der Waals surface area (Å²) in [5, 5.41) is 5.59. The third-order valence-corrected chi connectivity index (χ3v) is 16.2. The molecular weight excluding hydrogens is 629 g/mol. The van der Waals surface area contributed by atoms with Crippen LogP contribution in [0.15, 0.2) is 206 Å². The fourth-order valence-electron chi connectivity index (χ4n) is 9.26. The Hall–Kier alpha value is -6.02. The van der Waals surface area contributed by atoms with E-state index in [1.165, 1.54) is 76.4 Å². The molecule has 51 heavy (non-hydrogen) atoms. The summed E-state index contributed by atoms with van der Waals surface area (Å²) in [6, 6.07) is 77.5. The second kappa shape index (κ2) is 12.1. The van der Waals surface area contributed by atoms with Crippen LogP contribution in [0.2, 0.25) is 0 Å². The van der Waals surface area contributed by atoms with Gasteiger partial charge in [0.25, 0.3) is 0 Å². The lowest BCUT2D eigenvalue weighted by Gasteiger charge is -2.34. The van der Waals surface area contributed by atoms with Crippen LogP contribution in [-0.4, -0.2) is 8.07 Å². The number of benzene rings is 8. The van der Waals surface area contributed by atoms with Crippen LogP contribution in [0.3, 0.4) is 0 Å². The van der Waals surface area contributed by atoms with Crippen molar-refractivity contribution >= 4 is 28.8 Å². The van der Waals surface area contributed by atoms with Crippen molar-refractivity contribution in [1.82, 2.24) is 0 Å². The summed E-state index contributed by atoms with van der Waals surface area (Å²) in [6.45, 7) is 0. The molecule has 0 heterocycles. The van der Waals surface area contributed by atoms with Crippen molar-refractivity contribution in [1.29, 1.82) is 0 Å². The van der Waals surface area contributed by atoms with Gasteiger partial charge in [-0.3, -0.25) is 0 Å². The first-order valence-electron chi connectivity index (χ1n) is 18.0. The van der Waals surface area contributed by atoms with Gasteiger partial charge >= 0.3 is 0 Å². The Morgan fingerprint density at radius 1 is 0.255 bits per heavy atom. The summed E-state index contributed by atoms with van der Waals surface area (Å²) in [6.07, 6.45) is 0. The van der Waals surface area contributed by atoms with E-state index < -0.39 is 8.07 Å². The molecule has 0 bridgehead atoms. The molecule has 0 nitrogen and oxygen atoms in total. The predicted octanol–water partition coefficient (Wildman–Crippen LogP) is 9.39. The lowest BCUT2D eigenvalue weighted by Crippen LogP contribution is -2.74. The highest BCUT2D eigenvalue weighted by Gasteiger charge is 2.41. The second-order valence-electron chi connectivity index (χ2n) is 13.9. The number of hydrogen-bond donors (Lipinski definition) is 0. The average molecular weight is 665 g/mol. The minimum absolute atomic E-state index is 0.184. The Balaban J connectivity index is 1.11. The Labute approximate surface area is 301 Å². The molecule has 1 unspecified atom stereocenters. The van der Waals surface area contributed by atoms with E-state index in [0.717, 1.165) is 0 Å². The first-order chi connectivity index (χ1) is 25.3. The van der Waals surface area contributed by atoms with Crippen LogP contribution in [0.5, 0.6) is 0 Å². The van der Waals surface area contributed by atoms with Crippen LogP contribution in [0, 0.1) is 0 Å². The zero-order valence-electron chi connectivity index (χ0n) is 28.3. The molecule has 0 saturated carbocycles. The van der Waals surface area contributed by atoms with Gasteiger partial charge in [-0.2, -0.15) is 0 Å². The standard InChI is InChI=1S/C50H36Si/c1-4-16-37(17-5-1)51(38-18-6-2-7-19-38,39-20-8-3-9-21-39)40-31-28-35(29-32-40)49-46-27-15-12-24-43(46)48-34-36(30-33-47(48)49)50-44-25-13-10-22-41(44)42-23-11-14-26-45(42)50/h1-34,49-50H. The smallest absolute Gasteiger partial charge is 0.0623 e. The van der Waals surface area contributed by atoms with Crippen LogP contribution in [-0.2, 0) is 0 Å². The Bertz CT molecular complexity index is 2370. The summed E-state index contributed by atoms with van der Waals surface area (Å²) in [7, 11) is -2.59. The Morgan fingerprint density at radius 3 is 1.06 bits per heavy atom. The van der Waals surface area contributed by atoms with E-state index in [2.05, 4.69) is 206 Å². The first kappa shape index (κ1) is 29.9. The fraction of sp³-hybridized carbons (Fsp3) is 0.0400. The molecule has 2 aliphatic carbocycles. The fourth-order valence-corrected chi connectivity index (χ4v) is 14.0.